The van der Waals surface area contributed by atoms with Gasteiger partial charge < -0.3 is 4.90 Å². The number of fused-ring (bicyclic) bond motifs is 1. The summed E-state index contributed by atoms with van der Waals surface area (Å²) >= 11 is 5.86. The zero-order valence-electron chi connectivity index (χ0n) is 15.6. The van der Waals surface area contributed by atoms with Gasteiger partial charge >= 0.3 is 0 Å². The van der Waals surface area contributed by atoms with E-state index in [2.05, 4.69) is 5.10 Å². The van der Waals surface area contributed by atoms with E-state index < -0.39 is 10.0 Å². The number of halogens is 1. The molecule has 0 N–H and O–H groups in total. The van der Waals surface area contributed by atoms with Crippen LogP contribution in [-0.2, 0) is 28.7 Å². The lowest BCUT2D eigenvalue weighted by Crippen LogP contribution is -2.50. The molecular weight excluding hydrogens is 400 g/mol. The van der Waals surface area contributed by atoms with E-state index in [1.165, 1.54) is 4.31 Å². The lowest BCUT2D eigenvalue weighted by molar-refractivity contribution is 0.0691. The van der Waals surface area contributed by atoms with Crippen LogP contribution in [-0.4, -0.2) is 59.5 Å². The van der Waals surface area contributed by atoms with Gasteiger partial charge in [0.15, 0.2) is 5.69 Å². The van der Waals surface area contributed by atoms with Gasteiger partial charge in [0.05, 0.1) is 5.75 Å². The maximum atomic E-state index is 12.8. The minimum absolute atomic E-state index is 0.0636. The van der Waals surface area contributed by atoms with Gasteiger partial charge in [0, 0.05) is 43.4 Å². The number of hydrogen-bond acceptors (Lipinski definition) is 4. The van der Waals surface area contributed by atoms with Crippen molar-refractivity contribution in [2.75, 3.05) is 26.2 Å². The fourth-order valence-corrected chi connectivity index (χ4v) is 5.38. The third-order valence-corrected chi connectivity index (χ3v) is 7.42. The van der Waals surface area contributed by atoms with Crippen molar-refractivity contribution in [1.29, 1.82) is 0 Å². The second kappa shape index (κ2) is 7.85. The molecule has 0 bridgehead atoms. The first-order valence-electron chi connectivity index (χ1n) is 9.51. The molecule has 2 aliphatic rings. The van der Waals surface area contributed by atoms with Gasteiger partial charge in [-0.2, -0.15) is 9.40 Å². The van der Waals surface area contributed by atoms with E-state index in [1.807, 2.05) is 10.7 Å². The summed E-state index contributed by atoms with van der Waals surface area (Å²) in [5, 5.41) is 5.02. The molecule has 2 aliphatic heterocycles. The quantitative estimate of drug-likeness (QED) is 0.756. The van der Waals surface area contributed by atoms with Crippen molar-refractivity contribution < 1.29 is 13.2 Å². The molecule has 0 saturated carbocycles. The Morgan fingerprint density at radius 2 is 1.75 bits per heavy atom. The van der Waals surface area contributed by atoms with Crippen molar-refractivity contribution in [3.05, 3.63) is 52.3 Å². The highest BCUT2D eigenvalue weighted by atomic mass is 35.5. The first kappa shape index (κ1) is 19.4. The number of piperazine rings is 1. The van der Waals surface area contributed by atoms with Crippen LogP contribution in [0.2, 0.25) is 5.02 Å². The lowest BCUT2D eigenvalue weighted by Gasteiger charge is -2.33. The van der Waals surface area contributed by atoms with Gasteiger partial charge in [-0.3, -0.25) is 9.48 Å². The third kappa shape index (κ3) is 4.09. The Hall–Kier alpha value is -1.90. The average molecular weight is 423 g/mol. The number of nitrogens with zero attached hydrogens (tertiary/aromatic N) is 4. The van der Waals surface area contributed by atoms with Crippen molar-refractivity contribution in [3.63, 3.8) is 0 Å². The summed E-state index contributed by atoms with van der Waals surface area (Å²) in [4.78, 5) is 14.5. The highest BCUT2D eigenvalue weighted by Gasteiger charge is 2.30. The molecule has 1 aromatic heterocycles. The van der Waals surface area contributed by atoms with Crippen LogP contribution in [0.1, 0.15) is 34.6 Å². The van der Waals surface area contributed by atoms with Crippen LogP contribution in [0.4, 0.5) is 0 Å². The summed E-state index contributed by atoms with van der Waals surface area (Å²) in [6.07, 6.45) is 3.17. The molecule has 0 spiro atoms. The molecule has 3 heterocycles. The van der Waals surface area contributed by atoms with Crippen LogP contribution in [0.25, 0.3) is 0 Å². The number of rotatable bonds is 4. The Kier molecular flexibility index (Phi) is 5.44. The summed E-state index contributed by atoms with van der Waals surface area (Å²) in [5.74, 6) is -0.178. The first-order valence-corrected chi connectivity index (χ1v) is 11.5. The van der Waals surface area contributed by atoms with Crippen LogP contribution in [0.15, 0.2) is 30.3 Å². The van der Waals surface area contributed by atoms with E-state index in [9.17, 15) is 13.2 Å². The Labute approximate surface area is 169 Å². The average Bonchev–Trinajstić information content (AvgIpc) is 3.13. The predicted molar refractivity (Wildman–Crippen MR) is 107 cm³/mol. The van der Waals surface area contributed by atoms with E-state index in [1.54, 1.807) is 29.2 Å². The van der Waals surface area contributed by atoms with Crippen molar-refractivity contribution in [2.24, 2.45) is 0 Å². The summed E-state index contributed by atoms with van der Waals surface area (Å²) in [5.41, 5.74) is 2.28. The molecule has 1 fully saturated rings. The van der Waals surface area contributed by atoms with Gasteiger partial charge in [-0.05, 0) is 43.0 Å². The summed E-state index contributed by atoms with van der Waals surface area (Å²) in [7, 11) is -3.43. The molecule has 0 atom stereocenters. The van der Waals surface area contributed by atoms with Crippen molar-refractivity contribution >= 4 is 27.5 Å². The van der Waals surface area contributed by atoms with Gasteiger partial charge in [0.2, 0.25) is 10.0 Å². The number of aromatic nitrogens is 2. The third-order valence-electron chi connectivity index (χ3n) is 5.32. The first-order chi connectivity index (χ1) is 13.4. The zero-order valence-corrected chi connectivity index (χ0v) is 17.1. The normalized spacial score (nSPS) is 18.1. The summed E-state index contributed by atoms with van der Waals surface area (Å²) < 4.78 is 28.8. The number of sulfonamides is 1. The Balaban J connectivity index is 1.37. The largest absolute Gasteiger partial charge is 0.335 e. The fourth-order valence-electron chi connectivity index (χ4n) is 3.74. The molecule has 0 unspecified atom stereocenters. The summed E-state index contributed by atoms with van der Waals surface area (Å²) in [6.45, 7) is 2.21. The second-order valence-electron chi connectivity index (χ2n) is 7.28. The van der Waals surface area contributed by atoms with Crippen LogP contribution >= 0.6 is 11.6 Å². The molecule has 28 heavy (non-hydrogen) atoms. The number of amides is 1. The number of benzene rings is 1. The minimum atomic E-state index is -3.43. The number of hydrogen-bond donors (Lipinski definition) is 0. The van der Waals surface area contributed by atoms with Crippen molar-refractivity contribution in [1.82, 2.24) is 19.0 Å². The highest BCUT2D eigenvalue weighted by molar-refractivity contribution is 7.88. The predicted octanol–water partition coefficient (Wildman–Crippen LogP) is 2.16. The highest BCUT2D eigenvalue weighted by Crippen LogP contribution is 2.19. The Bertz CT molecular complexity index is 940. The maximum Gasteiger partial charge on any atom is 0.274 e. The second-order valence-corrected chi connectivity index (χ2v) is 9.68. The number of carbonyl (C=O) groups is 1. The van der Waals surface area contributed by atoms with E-state index in [4.69, 9.17) is 11.6 Å². The molecule has 9 heteroatoms. The van der Waals surface area contributed by atoms with Gasteiger partial charge in [-0.25, -0.2) is 8.42 Å². The topological polar surface area (TPSA) is 75.5 Å². The zero-order chi connectivity index (χ0) is 19.7. The Morgan fingerprint density at radius 1 is 1.04 bits per heavy atom. The maximum absolute atomic E-state index is 12.8. The SMILES string of the molecule is O=C(c1cc2n(n1)CCCC2)N1CCN(S(=O)(=O)Cc2ccc(Cl)cc2)CC1. The molecule has 7 nitrogen and oxygen atoms in total. The smallest absolute Gasteiger partial charge is 0.274 e. The molecule has 4 rings (SSSR count). The van der Waals surface area contributed by atoms with Crippen LogP contribution in [0.3, 0.4) is 0 Å². The minimum Gasteiger partial charge on any atom is -0.335 e. The molecule has 0 radical (unpaired) electrons. The standard InChI is InChI=1S/C19H23ClN4O3S/c20-16-6-4-15(5-7-16)14-28(26,27)23-11-9-22(10-12-23)19(25)18-13-17-3-1-2-8-24(17)21-18/h4-7,13H,1-3,8-12,14H2. The van der Waals surface area contributed by atoms with Crippen molar-refractivity contribution in [3.8, 4) is 0 Å². The molecule has 0 aliphatic carbocycles. The van der Waals surface area contributed by atoms with Gasteiger partial charge in [-0.1, -0.05) is 23.7 Å². The summed E-state index contributed by atoms with van der Waals surface area (Å²) in [6, 6.07) is 8.70. The monoisotopic (exact) mass is 422 g/mol. The van der Waals surface area contributed by atoms with E-state index in [0.717, 1.165) is 31.5 Å². The fraction of sp³-hybridized carbons (Fsp3) is 0.474. The molecule has 1 amide bonds. The lowest BCUT2D eigenvalue weighted by atomic mass is 10.1. The van der Waals surface area contributed by atoms with Crippen LogP contribution in [0.5, 0.6) is 0 Å². The number of carbonyl (C=O) groups excluding carboxylic acids is 1. The van der Waals surface area contributed by atoms with Gasteiger partial charge in [0.1, 0.15) is 0 Å². The van der Waals surface area contributed by atoms with Crippen molar-refractivity contribution in [2.45, 2.75) is 31.6 Å². The molecule has 1 aromatic carbocycles. The molecule has 150 valence electrons. The van der Waals surface area contributed by atoms with E-state index >= 15 is 0 Å². The molecule has 2 aromatic rings. The van der Waals surface area contributed by atoms with E-state index in [-0.39, 0.29) is 11.7 Å². The van der Waals surface area contributed by atoms with Gasteiger partial charge in [-0.15, -0.1) is 0 Å². The van der Waals surface area contributed by atoms with Crippen LogP contribution in [0, 0.1) is 0 Å². The molecule has 1 saturated heterocycles. The van der Waals surface area contributed by atoms with E-state index in [0.29, 0.717) is 42.5 Å². The van der Waals surface area contributed by atoms with Gasteiger partial charge in [0.25, 0.3) is 5.91 Å². The Morgan fingerprint density at radius 3 is 2.43 bits per heavy atom. The molecular formula is C19H23ClN4O3S. The van der Waals surface area contributed by atoms with Crippen LogP contribution < -0.4 is 0 Å². The number of aryl methyl sites for hydroxylation is 2.